The maximum atomic E-state index is 12.8. The van der Waals surface area contributed by atoms with Crippen LogP contribution >= 0.6 is 11.8 Å². The van der Waals surface area contributed by atoms with E-state index in [0.717, 1.165) is 25.0 Å². The molecule has 0 unspecified atom stereocenters. The van der Waals surface area contributed by atoms with Crippen LogP contribution in [0.2, 0.25) is 0 Å². The highest BCUT2D eigenvalue weighted by Crippen LogP contribution is 2.31. The lowest BCUT2D eigenvalue weighted by molar-refractivity contribution is 0.272. The monoisotopic (exact) mass is 331 g/mol. The Balaban J connectivity index is 2.18. The van der Waals surface area contributed by atoms with E-state index in [0.29, 0.717) is 11.4 Å². The lowest BCUT2D eigenvalue weighted by atomic mass is 10.1. The normalized spacial score (nSPS) is 21.6. The molecule has 0 aliphatic carbocycles. The maximum absolute atomic E-state index is 12.8. The number of piperidine rings is 1. The van der Waals surface area contributed by atoms with E-state index in [1.807, 2.05) is 11.8 Å². The van der Waals surface area contributed by atoms with Gasteiger partial charge in [0.1, 0.15) is 4.90 Å². The lowest BCUT2D eigenvalue weighted by Gasteiger charge is -2.35. The minimum Gasteiger partial charge on any atom is -0.274 e. The van der Waals surface area contributed by atoms with Crippen LogP contribution in [0.1, 0.15) is 40.0 Å². The van der Waals surface area contributed by atoms with Gasteiger partial charge in [0.25, 0.3) is 0 Å². The van der Waals surface area contributed by atoms with Crippen molar-refractivity contribution < 1.29 is 8.42 Å². The number of hydrogen-bond donors (Lipinski definition) is 0. The summed E-state index contributed by atoms with van der Waals surface area (Å²) in [5.41, 5.74) is 0. The zero-order chi connectivity index (χ0) is 15.7. The molecule has 5 nitrogen and oxygen atoms in total. The second-order valence-corrected chi connectivity index (χ2v) is 10.3. The standard InChI is InChI=1S/C14H25N3O2S2/c1-14(2,3)20-11-12-7-5-6-8-17(12)21(18,19)13-9-15-16(4)10-13/h9-10,12H,5-8,11H2,1-4H3/t12-/m1/s1. The highest BCUT2D eigenvalue weighted by molar-refractivity contribution is 8.00. The van der Waals surface area contributed by atoms with Gasteiger partial charge in [-0.25, -0.2) is 8.42 Å². The van der Waals surface area contributed by atoms with Crippen LogP contribution in [0.5, 0.6) is 0 Å². The number of hydrogen-bond acceptors (Lipinski definition) is 4. The van der Waals surface area contributed by atoms with E-state index in [1.54, 1.807) is 17.5 Å². The van der Waals surface area contributed by atoms with Gasteiger partial charge in [0.15, 0.2) is 0 Å². The summed E-state index contributed by atoms with van der Waals surface area (Å²) in [5.74, 6) is 0.850. The fourth-order valence-electron chi connectivity index (χ4n) is 2.47. The van der Waals surface area contributed by atoms with Gasteiger partial charge in [-0.15, -0.1) is 0 Å². The molecule has 1 atom stereocenters. The van der Waals surface area contributed by atoms with Gasteiger partial charge in [0.2, 0.25) is 10.0 Å². The van der Waals surface area contributed by atoms with Gasteiger partial charge in [-0.3, -0.25) is 4.68 Å². The van der Waals surface area contributed by atoms with Gasteiger partial charge in [-0.05, 0) is 12.8 Å². The Morgan fingerprint density at radius 2 is 2.10 bits per heavy atom. The molecule has 21 heavy (non-hydrogen) atoms. The third-order valence-electron chi connectivity index (χ3n) is 3.57. The molecule has 2 rings (SSSR count). The van der Waals surface area contributed by atoms with Crippen LogP contribution in [0.4, 0.5) is 0 Å². The highest BCUT2D eigenvalue weighted by Gasteiger charge is 2.34. The van der Waals surface area contributed by atoms with E-state index < -0.39 is 10.0 Å². The molecule has 1 aromatic heterocycles. The smallest absolute Gasteiger partial charge is 0.246 e. The highest BCUT2D eigenvalue weighted by atomic mass is 32.2. The number of nitrogens with zero attached hydrogens (tertiary/aromatic N) is 3. The first kappa shape index (κ1) is 16.8. The van der Waals surface area contributed by atoms with Crippen molar-refractivity contribution in [3.8, 4) is 0 Å². The second-order valence-electron chi connectivity index (χ2n) is 6.54. The summed E-state index contributed by atoms with van der Waals surface area (Å²) < 4.78 is 29.0. The van der Waals surface area contributed by atoms with Crippen LogP contribution < -0.4 is 0 Å². The molecule has 1 aliphatic heterocycles. The van der Waals surface area contributed by atoms with E-state index >= 15 is 0 Å². The Labute approximate surface area is 132 Å². The Hall–Kier alpha value is -0.530. The Morgan fingerprint density at radius 3 is 2.67 bits per heavy atom. The third kappa shape index (κ3) is 4.23. The van der Waals surface area contributed by atoms with Crippen molar-refractivity contribution in [1.82, 2.24) is 14.1 Å². The summed E-state index contributed by atoms with van der Waals surface area (Å²) >= 11 is 1.83. The summed E-state index contributed by atoms with van der Waals surface area (Å²) in [6.45, 7) is 7.12. The van der Waals surface area contributed by atoms with Gasteiger partial charge in [-0.1, -0.05) is 27.2 Å². The zero-order valence-corrected chi connectivity index (χ0v) is 14.9. The van der Waals surface area contributed by atoms with Crippen molar-refractivity contribution in [2.45, 2.75) is 55.7 Å². The van der Waals surface area contributed by atoms with Crippen LogP contribution in [0.15, 0.2) is 17.3 Å². The zero-order valence-electron chi connectivity index (χ0n) is 13.2. The molecule has 2 heterocycles. The van der Waals surface area contributed by atoms with Crippen molar-refractivity contribution in [2.24, 2.45) is 7.05 Å². The molecule has 0 amide bonds. The van der Waals surface area contributed by atoms with Gasteiger partial charge in [-0.2, -0.15) is 21.2 Å². The average Bonchev–Trinajstić information content (AvgIpc) is 2.83. The number of aromatic nitrogens is 2. The first-order valence-corrected chi connectivity index (χ1v) is 9.77. The van der Waals surface area contributed by atoms with E-state index in [4.69, 9.17) is 0 Å². The first-order valence-electron chi connectivity index (χ1n) is 7.34. The van der Waals surface area contributed by atoms with Crippen molar-refractivity contribution in [3.05, 3.63) is 12.4 Å². The molecule has 1 aromatic rings. The minimum atomic E-state index is -3.42. The molecule has 1 aliphatic rings. The van der Waals surface area contributed by atoms with E-state index in [2.05, 4.69) is 25.9 Å². The number of sulfonamides is 1. The Morgan fingerprint density at radius 1 is 1.38 bits per heavy atom. The summed E-state index contributed by atoms with van der Waals surface area (Å²) in [4.78, 5) is 0.303. The number of thioether (sulfide) groups is 1. The molecule has 0 spiro atoms. The van der Waals surface area contributed by atoms with Crippen molar-refractivity contribution in [1.29, 1.82) is 0 Å². The second kappa shape index (κ2) is 6.30. The first-order chi connectivity index (χ1) is 9.70. The molecule has 1 saturated heterocycles. The van der Waals surface area contributed by atoms with E-state index in [9.17, 15) is 8.42 Å². The summed E-state index contributed by atoms with van der Waals surface area (Å²) in [6.07, 6.45) is 6.02. The van der Waals surface area contributed by atoms with E-state index in [1.165, 1.54) is 10.9 Å². The Bertz CT molecular complexity index is 575. The number of aryl methyl sites for hydroxylation is 1. The molecule has 7 heteroatoms. The molecule has 0 aromatic carbocycles. The lowest BCUT2D eigenvalue weighted by Crippen LogP contribution is -2.45. The molecule has 0 bridgehead atoms. The molecular formula is C14H25N3O2S2. The van der Waals surface area contributed by atoms with Gasteiger partial charge >= 0.3 is 0 Å². The predicted octanol–water partition coefficient (Wildman–Crippen LogP) is 2.50. The van der Waals surface area contributed by atoms with Gasteiger partial charge in [0, 0.05) is 36.3 Å². The fraction of sp³-hybridized carbons (Fsp3) is 0.786. The van der Waals surface area contributed by atoms with Crippen molar-refractivity contribution in [2.75, 3.05) is 12.3 Å². The molecule has 0 saturated carbocycles. The van der Waals surface area contributed by atoms with Crippen LogP contribution in [-0.2, 0) is 17.1 Å². The average molecular weight is 332 g/mol. The van der Waals surface area contributed by atoms with Gasteiger partial charge in [0.05, 0.1) is 6.20 Å². The topological polar surface area (TPSA) is 55.2 Å². The predicted molar refractivity (Wildman–Crippen MR) is 86.9 cm³/mol. The van der Waals surface area contributed by atoms with E-state index in [-0.39, 0.29) is 10.8 Å². The SMILES string of the molecule is Cn1cc(S(=O)(=O)N2CCCC[C@@H]2CSC(C)(C)C)cn1. The van der Waals surface area contributed by atoms with Crippen LogP contribution in [-0.4, -0.2) is 45.6 Å². The number of rotatable bonds is 4. The molecule has 120 valence electrons. The molecule has 0 N–H and O–H groups in total. The van der Waals surface area contributed by atoms with Crippen LogP contribution in [0.25, 0.3) is 0 Å². The van der Waals surface area contributed by atoms with Crippen LogP contribution in [0.3, 0.4) is 0 Å². The molecule has 0 radical (unpaired) electrons. The fourth-order valence-corrected chi connectivity index (χ4v) is 5.28. The van der Waals surface area contributed by atoms with Crippen molar-refractivity contribution >= 4 is 21.8 Å². The largest absolute Gasteiger partial charge is 0.274 e. The third-order valence-corrected chi connectivity index (χ3v) is 6.89. The Kier molecular flexibility index (Phi) is 5.05. The molecule has 1 fully saturated rings. The van der Waals surface area contributed by atoms with Crippen LogP contribution in [0, 0.1) is 0 Å². The summed E-state index contributed by atoms with van der Waals surface area (Å²) in [5, 5.41) is 3.99. The quantitative estimate of drug-likeness (QED) is 0.850. The maximum Gasteiger partial charge on any atom is 0.246 e. The minimum absolute atomic E-state index is 0.0909. The summed E-state index contributed by atoms with van der Waals surface area (Å²) in [7, 11) is -1.68. The molecular weight excluding hydrogens is 306 g/mol. The summed E-state index contributed by atoms with van der Waals surface area (Å²) in [6, 6.07) is 0.0909. The van der Waals surface area contributed by atoms with Gasteiger partial charge < -0.3 is 0 Å². The van der Waals surface area contributed by atoms with Crippen molar-refractivity contribution in [3.63, 3.8) is 0 Å².